The van der Waals surface area contributed by atoms with Crippen LogP contribution in [0.3, 0.4) is 0 Å². The topological polar surface area (TPSA) is 63.1 Å². The Labute approximate surface area is 157 Å². The maximum atomic E-state index is 13.6. The van der Waals surface area contributed by atoms with E-state index in [2.05, 4.69) is 15.4 Å². The maximum Gasteiger partial charge on any atom is 0.234 e. The second kappa shape index (κ2) is 8.55. The Morgan fingerprint density at radius 2 is 1.96 bits per heavy atom. The van der Waals surface area contributed by atoms with Gasteiger partial charge in [0.05, 0.1) is 12.2 Å². The largest absolute Gasteiger partial charge is 0.351 e. The second-order valence-electron chi connectivity index (χ2n) is 6.39. The number of hydrogen-bond acceptors (Lipinski definition) is 4. The van der Waals surface area contributed by atoms with Crippen LogP contribution in [0, 0.1) is 5.82 Å². The third-order valence-corrected chi connectivity index (χ3v) is 4.55. The lowest BCUT2D eigenvalue weighted by Crippen LogP contribution is -2.36. The standard InChI is InChI=1S/C20H22FN5O/c1-15(16-7-9-18(10-8-16)26-14-22-13-24-26)25(2)12-20(27)23-11-17-5-3-4-6-19(17)21/h3-10,13-15H,11-12H2,1-2H3,(H,23,27). The Bertz CT molecular complexity index is 880. The number of carbonyl (C=O) groups is 1. The summed E-state index contributed by atoms with van der Waals surface area (Å²) in [6.45, 7) is 2.44. The molecule has 3 aromatic rings. The molecular formula is C20H22FN5O. The quantitative estimate of drug-likeness (QED) is 0.697. The number of aromatic nitrogens is 3. The molecule has 1 amide bonds. The van der Waals surface area contributed by atoms with E-state index in [1.165, 1.54) is 12.4 Å². The molecule has 1 atom stereocenters. The molecule has 6 nitrogen and oxygen atoms in total. The molecule has 1 N–H and O–H groups in total. The molecule has 1 unspecified atom stereocenters. The molecule has 0 aliphatic heterocycles. The predicted molar refractivity (Wildman–Crippen MR) is 101 cm³/mol. The van der Waals surface area contributed by atoms with E-state index in [1.54, 1.807) is 29.2 Å². The summed E-state index contributed by atoms with van der Waals surface area (Å²) in [7, 11) is 1.89. The number of benzene rings is 2. The van der Waals surface area contributed by atoms with E-state index in [0.717, 1.165) is 11.3 Å². The number of halogens is 1. The van der Waals surface area contributed by atoms with Crippen LogP contribution in [0.1, 0.15) is 24.1 Å². The molecule has 0 aliphatic carbocycles. The van der Waals surface area contributed by atoms with E-state index in [9.17, 15) is 9.18 Å². The van der Waals surface area contributed by atoms with Crippen molar-refractivity contribution in [1.82, 2.24) is 25.0 Å². The first-order chi connectivity index (χ1) is 13.0. The zero-order chi connectivity index (χ0) is 19.2. The van der Waals surface area contributed by atoms with Gasteiger partial charge < -0.3 is 5.32 Å². The smallest absolute Gasteiger partial charge is 0.234 e. The minimum absolute atomic E-state index is 0.0500. The summed E-state index contributed by atoms with van der Waals surface area (Å²) in [6.07, 6.45) is 3.13. The van der Waals surface area contributed by atoms with Gasteiger partial charge >= 0.3 is 0 Å². The van der Waals surface area contributed by atoms with Gasteiger partial charge in [-0.1, -0.05) is 30.3 Å². The van der Waals surface area contributed by atoms with Crippen molar-refractivity contribution in [3.8, 4) is 5.69 Å². The molecule has 27 heavy (non-hydrogen) atoms. The third-order valence-electron chi connectivity index (χ3n) is 4.55. The van der Waals surface area contributed by atoms with Gasteiger partial charge in [-0.05, 0) is 37.7 Å². The Morgan fingerprint density at radius 3 is 2.63 bits per heavy atom. The highest BCUT2D eigenvalue weighted by Crippen LogP contribution is 2.20. The minimum atomic E-state index is -0.313. The van der Waals surface area contributed by atoms with Crippen LogP contribution in [-0.2, 0) is 11.3 Å². The number of nitrogens with zero attached hydrogens (tertiary/aromatic N) is 4. The lowest BCUT2D eigenvalue weighted by atomic mass is 10.1. The summed E-state index contributed by atoms with van der Waals surface area (Å²) < 4.78 is 15.3. The number of nitrogens with one attached hydrogen (secondary N) is 1. The molecule has 0 aliphatic rings. The van der Waals surface area contributed by atoms with E-state index in [0.29, 0.717) is 5.56 Å². The fraction of sp³-hybridized carbons (Fsp3) is 0.250. The van der Waals surface area contributed by atoms with Crippen molar-refractivity contribution in [2.45, 2.75) is 19.5 Å². The molecule has 0 radical (unpaired) electrons. The van der Waals surface area contributed by atoms with Crippen LogP contribution in [0.5, 0.6) is 0 Å². The maximum absolute atomic E-state index is 13.6. The van der Waals surface area contributed by atoms with Crippen molar-refractivity contribution in [2.75, 3.05) is 13.6 Å². The van der Waals surface area contributed by atoms with Gasteiger partial charge in [0.25, 0.3) is 0 Å². The van der Waals surface area contributed by atoms with Crippen LogP contribution in [0.15, 0.2) is 61.2 Å². The van der Waals surface area contributed by atoms with Crippen LogP contribution in [0.2, 0.25) is 0 Å². The van der Waals surface area contributed by atoms with Crippen molar-refractivity contribution in [2.24, 2.45) is 0 Å². The zero-order valence-corrected chi connectivity index (χ0v) is 15.3. The fourth-order valence-electron chi connectivity index (χ4n) is 2.76. The highest BCUT2D eigenvalue weighted by atomic mass is 19.1. The minimum Gasteiger partial charge on any atom is -0.351 e. The van der Waals surface area contributed by atoms with Gasteiger partial charge in [0.2, 0.25) is 5.91 Å². The monoisotopic (exact) mass is 367 g/mol. The van der Waals surface area contributed by atoms with E-state index in [1.807, 2.05) is 43.1 Å². The molecule has 0 bridgehead atoms. The summed E-state index contributed by atoms with van der Waals surface area (Å²) in [5, 5.41) is 6.87. The first-order valence-corrected chi connectivity index (χ1v) is 8.70. The molecule has 0 saturated carbocycles. The first-order valence-electron chi connectivity index (χ1n) is 8.70. The van der Waals surface area contributed by atoms with E-state index < -0.39 is 0 Å². The molecular weight excluding hydrogens is 345 g/mol. The molecule has 7 heteroatoms. The van der Waals surface area contributed by atoms with Gasteiger partial charge in [-0.15, -0.1) is 0 Å². The van der Waals surface area contributed by atoms with E-state index in [4.69, 9.17) is 0 Å². The molecule has 1 aromatic heterocycles. The Morgan fingerprint density at radius 1 is 1.22 bits per heavy atom. The summed E-state index contributed by atoms with van der Waals surface area (Å²) in [5.74, 6) is -0.459. The number of carbonyl (C=O) groups excluding carboxylic acids is 1. The highest BCUT2D eigenvalue weighted by molar-refractivity contribution is 5.78. The SMILES string of the molecule is CC(c1ccc(-n2cncn2)cc1)N(C)CC(=O)NCc1ccccc1F. The summed E-state index contributed by atoms with van der Waals surface area (Å²) in [6, 6.07) is 14.4. The van der Waals surface area contributed by atoms with Gasteiger partial charge in [0.15, 0.2) is 0 Å². The second-order valence-corrected chi connectivity index (χ2v) is 6.39. The first kappa shape index (κ1) is 18.7. The Kier molecular flexibility index (Phi) is 5.93. The van der Waals surface area contributed by atoms with Crippen molar-refractivity contribution in [3.63, 3.8) is 0 Å². The molecule has 3 rings (SSSR count). The zero-order valence-electron chi connectivity index (χ0n) is 15.3. The van der Waals surface area contributed by atoms with Gasteiger partial charge in [0, 0.05) is 18.2 Å². The molecule has 2 aromatic carbocycles. The molecule has 1 heterocycles. The molecule has 140 valence electrons. The Balaban J connectivity index is 1.54. The van der Waals surface area contributed by atoms with Crippen LogP contribution in [-0.4, -0.2) is 39.2 Å². The van der Waals surface area contributed by atoms with Crippen molar-refractivity contribution in [3.05, 3.63) is 78.1 Å². The summed E-state index contributed by atoms with van der Waals surface area (Å²) >= 11 is 0. The summed E-state index contributed by atoms with van der Waals surface area (Å²) in [5.41, 5.74) is 2.49. The van der Waals surface area contributed by atoms with Crippen molar-refractivity contribution >= 4 is 5.91 Å². The van der Waals surface area contributed by atoms with Crippen LogP contribution in [0.4, 0.5) is 4.39 Å². The van der Waals surface area contributed by atoms with Crippen LogP contribution in [0.25, 0.3) is 5.69 Å². The number of rotatable bonds is 7. The fourth-order valence-corrected chi connectivity index (χ4v) is 2.76. The van der Waals surface area contributed by atoms with Gasteiger partial charge in [-0.3, -0.25) is 9.69 Å². The molecule has 0 spiro atoms. The van der Waals surface area contributed by atoms with Crippen LogP contribution >= 0.6 is 0 Å². The average Bonchev–Trinajstić information content (AvgIpc) is 3.21. The number of hydrogen-bond donors (Lipinski definition) is 1. The normalized spacial score (nSPS) is 12.1. The summed E-state index contributed by atoms with van der Waals surface area (Å²) in [4.78, 5) is 18.1. The highest BCUT2D eigenvalue weighted by Gasteiger charge is 2.15. The lowest BCUT2D eigenvalue weighted by molar-refractivity contribution is -0.122. The average molecular weight is 367 g/mol. The molecule has 0 fully saturated rings. The van der Waals surface area contributed by atoms with Gasteiger partial charge in [0.1, 0.15) is 18.5 Å². The van der Waals surface area contributed by atoms with E-state index in [-0.39, 0.29) is 30.9 Å². The van der Waals surface area contributed by atoms with E-state index >= 15 is 0 Å². The predicted octanol–water partition coefficient (Wildman–Crippen LogP) is 2.72. The van der Waals surface area contributed by atoms with Crippen molar-refractivity contribution < 1.29 is 9.18 Å². The number of amides is 1. The molecule has 0 saturated heterocycles. The van der Waals surface area contributed by atoms with Gasteiger partial charge in [-0.2, -0.15) is 5.10 Å². The van der Waals surface area contributed by atoms with Gasteiger partial charge in [-0.25, -0.2) is 14.1 Å². The Hall–Kier alpha value is -3.06. The van der Waals surface area contributed by atoms with Crippen molar-refractivity contribution in [1.29, 1.82) is 0 Å². The van der Waals surface area contributed by atoms with Crippen LogP contribution < -0.4 is 5.32 Å². The lowest BCUT2D eigenvalue weighted by Gasteiger charge is -2.24. The third kappa shape index (κ3) is 4.77. The number of likely N-dealkylation sites (N-methyl/N-ethyl adjacent to an activating group) is 1.